The second-order valence-electron chi connectivity index (χ2n) is 3.62. The highest BCUT2D eigenvalue weighted by Gasteiger charge is 2.12. The Hall–Kier alpha value is -0.740. The summed E-state index contributed by atoms with van der Waals surface area (Å²) in [5.74, 6) is 0.896. The van der Waals surface area contributed by atoms with E-state index in [-0.39, 0.29) is 11.2 Å². The molecule has 0 fully saturated rings. The number of benzene rings is 1. The Balaban J connectivity index is 2.39. The third-order valence-corrected chi connectivity index (χ3v) is 3.89. The van der Waals surface area contributed by atoms with Gasteiger partial charge in [-0.05, 0) is 24.6 Å². The Morgan fingerprint density at radius 3 is 3.06 bits per heavy atom. The maximum absolute atomic E-state index is 11.6. The van der Waals surface area contributed by atoms with Crippen LogP contribution in [-0.4, -0.2) is 17.7 Å². The molecule has 1 aromatic carbocycles. The van der Waals surface area contributed by atoms with Gasteiger partial charge in [0.2, 0.25) is 5.91 Å². The van der Waals surface area contributed by atoms with Crippen LogP contribution in [-0.2, 0) is 10.5 Å². The fourth-order valence-electron chi connectivity index (χ4n) is 1.24. The van der Waals surface area contributed by atoms with Crippen LogP contribution in [0, 0.1) is 0 Å². The van der Waals surface area contributed by atoms with E-state index >= 15 is 0 Å². The molecule has 0 saturated carbocycles. The van der Waals surface area contributed by atoms with Gasteiger partial charge in [0.25, 0.3) is 0 Å². The highest BCUT2D eigenvalue weighted by molar-refractivity contribution is 9.10. The molecular weight excluding hydrogens is 298 g/mol. The van der Waals surface area contributed by atoms with Gasteiger partial charge in [-0.15, -0.1) is 18.3 Å². The number of hydrogen-bond donors (Lipinski definition) is 1. The van der Waals surface area contributed by atoms with Crippen LogP contribution in [0.1, 0.15) is 12.5 Å². The molecule has 92 valence electrons. The van der Waals surface area contributed by atoms with Crippen LogP contribution >= 0.6 is 27.7 Å². The number of carbonyl (C=O) groups excluding carboxylic acids is 1. The van der Waals surface area contributed by atoms with E-state index in [1.54, 1.807) is 17.8 Å². The van der Waals surface area contributed by atoms with Crippen molar-refractivity contribution in [3.05, 3.63) is 47.0 Å². The molecule has 0 aliphatic carbocycles. The Labute approximate surface area is 115 Å². The largest absolute Gasteiger partial charge is 0.352 e. The summed E-state index contributed by atoms with van der Waals surface area (Å²) in [5, 5.41) is 2.75. The smallest absolute Gasteiger partial charge is 0.233 e. The highest BCUT2D eigenvalue weighted by atomic mass is 79.9. The lowest BCUT2D eigenvalue weighted by atomic mass is 10.2. The monoisotopic (exact) mass is 313 g/mol. The van der Waals surface area contributed by atoms with Gasteiger partial charge in [-0.1, -0.05) is 34.1 Å². The Morgan fingerprint density at radius 1 is 1.65 bits per heavy atom. The molecule has 0 aromatic heterocycles. The highest BCUT2D eigenvalue weighted by Crippen LogP contribution is 2.20. The van der Waals surface area contributed by atoms with E-state index in [4.69, 9.17) is 0 Å². The molecule has 1 atom stereocenters. The van der Waals surface area contributed by atoms with Crippen LogP contribution in [0.2, 0.25) is 0 Å². The molecule has 2 nitrogen and oxygen atoms in total. The Morgan fingerprint density at radius 2 is 2.41 bits per heavy atom. The van der Waals surface area contributed by atoms with Crippen molar-refractivity contribution in [1.29, 1.82) is 0 Å². The van der Waals surface area contributed by atoms with Crippen LogP contribution in [0.15, 0.2) is 41.4 Å². The van der Waals surface area contributed by atoms with E-state index in [1.165, 1.54) is 5.56 Å². The SMILES string of the molecule is C=CCNC(=O)C(C)SCc1cccc(Br)c1. The summed E-state index contributed by atoms with van der Waals surface area (Å²) in [5.41, 5.74) is 1.22. The van der Waals surface area contributed by atoms with E-state index < -0.39 is 0 Å². The molecule has 0 bridgehead atoms. The van der Waals surface area contributed by atoms with Gasteiger partial charge in [-0.3, -0.25) is 4.79 Å². The molecular formula is C13H16BrNOS. The van der Waals surface area contributed by atoms with E-state index in [2.05, 4.69) is 40.0 Å². The minimum atomic E-state index is -0.0473. The molecule has 1 amide bonds. The first-order valence-electron chi connectivity index (χ1n) is 5.38. The molecule has 0 heterocycles. The number of carbonyl (C=O) groups is 1. The first-order valence-corrected chi connectivity index (χ1v) is 7.22. The number of halogens is 1. The van der Waals surface area contributed by atoms with Gasteiger partial charge in [0.15, 0.2) is 0 Å². The molecule has 1 unspecified atom stereocenters. The third-order valence-electron chi connectivity index (χ3n) is 2.18. The zero-order valence-electron chi connectivity index (χ0n) is 9.78. The van der Waals surface area contributed by atoms with Crippen molar-refractivity contribution in [2.75, 3.05) is 6.54 Å². The van der Waals surface area contributed by atoms with Crippen LogP contribution in [0.25, 0.3) is 0 Å². The summed E-state index contributed by atoms with van der Waals surface area (Å²) in [6.07, 6.45) is 1.68. The summed E-state index contributed by atoms with van der Waals surface area (Å²) >= 11 is 5.06. The van der Waals surface area contributed by atoms with Crippen LogP contribution in [0.5, 0.6) is 0 Å². The van der Waals surface area contributed by atoms with Crippen LogP contribution in [0.3, 0.4) is 0 Å². The van der Waals surface area contributed by atoms with Crippen molar-refractivity contribution in [3.8, 4) is 0 Å². The van der Waals surface area contributed by atoms with E-state index in [0.717, 1.165) is 10.2 Å². The van der Waals surface area contributed by atoms with Gasteiger partial charge in [0, 0.05) is 16.8 Å². The summed E-state index contributed by atoms with van der Waals surface area (Å²) < 4.78 is 1.07. The molecule has 0 saturated heterocycles. The summed E-state index contributed by atoms with van der Waals surface area (Å²) in [6, 6.07) is 8.13. The fourth-order valence-corrected chi connectivity index (χ4v) is 2.54. The van der Waals surface area contributed by atoms with Gasteiger partial charge in [0.1, 0.15) is 0 Å². The molecule has 1 aromatic rings. The quantitative estimate of drug-likeness (QED) is 0.816. The normalized spacial score (nSPS) is 11.9. The van der Waals surface area contributed by atoms with Gasteiger partial charge in [-0.2, -0.15) is 0 Å². The lowest BCUT2D eigenvalue weighted by molar-refractivity contribution is -0.120. The number of rotatable bonds is 6. The summed E-state index contributed by atoms with van der Waals surface area (Å²) in [6.45, 7) is 6.01. The van der Waals surface area contributed by atoms with Crippen molar-refractivity contribution >= 4 is 33.6 Å². The zero-order valence-corrected chi connectivity index (χ0v) is 12.2. The minimum absolute atomic E-state index is 0.0473. The standard InChI is InChI=1S/C13H16BrNOS/c1-3-7-15-13(16)10(2)17-9-11-5-4-6-12(14)8-11/h3-6,8,10H,1,7,9H2,2H3,(H,15,16). The Kier molecular flexibility index (Phi) is 6.37. The first kappa shape index (κ1) is 14.3. The van der Waals surface area contributed by atoms with Gasteiger partial charge in [-0.25, -0.2) is 0 Å². The molecule has 0 aliphatic rings. The van der Waals surface area contributed by atoms with Gasteiger partial charge >= 0.3 is 0 Å². The van der Waals surface area contributed by atoms with E-state index in [0.29, 0.717) is 6.54 Å². The van der Waals surface area contributed by atoms with Crippen molar-refractivity contribution in [2.45, 2.75) is 17.9 Å². The second kappa shape index (κ2) is 7.56. The minimum Gasteiger partial charge on any atom is -0.352 e. The van der Waals surface area contributed by atoms with Crippen molar-refractivity contribution in [1.82, 2.24) is 5.32 Å². The summed E-state index contributed by atoms with van der Waals surface area (Å²) in [7, 11) is 0. The first-order chi connectivity index (χ1) is 8.13. The number of nitrogens with one attached hydrogen (secondary N) is 1. The average molecular weight is 314 g/mol. The van der Waals surface area contributed by atoms with E-state index in [9.17, 15) is 4.79 Å². The maximum atomic E-state index is 11.6. The average Bonchev–Trinajstić information content (AvgIpc) is 2.33. The van der Waals surface area contributed by atoms with Gasteiger partial charge in [0.05, 0.1) is 5.25 Å². The summed E-state index contributed by atoms with van der Waals surface area (Å²) in [4.78, 5) is 11.6. The fraction of sp³-hybridized carbons (Fsp3) is 0.308. The lowest BCUT2D eigenvalue weighted by Crippen LogP contribution is -2.30. The third kappa shape index (κ3) is 5.41. The molecule has 0 spiro atoms. The zero-order chi connectivity index (χ0) is 12.7. The van der Waals surface area contributed by atoms with Crippen LogP contribution in [0.4, 0.5) is 0 Å². The second-order valence-corrected chi connectivity index (χ2v) is 5.86. The number of amides is 1. The van der Waals surface area contributed by atoms with Crippen molar-refractivity contribution < 1.29 is 4.79 Å². The molecule has 1 N–H and O–H groups in total. The van der Waals surface area contributed by atoms with Crippen molar-refractivity contribution in [2.24, 2.45) is 0 Å². The predicted molar refractivity (Wildman–Crippen MR) is 78.1 cm³/mol. The van der Waals surface area contributed by atoms with E-state index in [1.807, 2.05) is 19.1 Å². The lowest BCUT2D eigenvalue weighted by Gasteiger charge is -2.10. The Bertz CT molecular complexity index is 395. The molecule has 4 heteroatoms. The predicted octanol–water partition coefficient (Wildman–Crippen LogP) is 3.37. The molecule has 1 rings (SSSR count). The van der Waals surface area contributed by atoms with Crippen molar-refractivity contribution in [3.63, 3.8) is 0 Å². The molecule has 0 aliphatic heterocycles. The maximum Gasteiger partial charge on any atom is 0.233 e. The van der Waals surface area contributed by atoms with Crippen LogP contribution < -0.4 is 5.32 Å². The number of hydrogen-bond acceptors (Lipinski definition) is 2. The molecule has 0 radical (unpaired) electrons. The van der Waals surface area contributed by atoms with Gasteiger partial charge < -0.3 is 5.32 Å². The number of thioether (sulfide) groups is 1. The topological polar surface area (TPSA) is 29.1 Å². The molecule has 17 heavy (non-hydrogen) atoms.